The molecule has 3 heteroatoms. The predicted octanol–water partition coefficient (Wildman–Crippen LogP) is 2.61. The zero-order chi connectivity index (χ0) is 12.1. The number of ketones is 1. The maximum Gasteiger partial charge on any atom is 0.172 e. The monoisotopic (exact) mass is 222 g/mol. The molecule has 0 aliphatic carbocycles. The van der Waals surface area contributed by atoms with E-state index in [2.05, 4.69) is 0 Å². The van der Waals surface area contributed by atoms with Crippen molar-refractivity contribution in [3.63, 3.8) is 0 Å². The minimum Gasteiger partial charge on any atom is -0.493 e. The van der Waals surface area contributed by atoms with Crippen LogP contribution in [0.5, 0.6) is 11.5 Å². The van der Waals surface area contributed by atoms with Crippen LogP contribution in [0.25, 0.3) is 0 Å². The van der Waals surface area contributed by atoms with E-state index >= 15 is 0 Å². The van der Waals surface area contributed by atoms with E-state index in [0.29, 0.717) is 11.5 Å². The van der Waals surface area contributed by atoms with E-state index < -0.39 is 0 Å². The summed E-state index contributed by atoms with van der Waals surface area (Å²) in [6.07, 6.45) is 0. The molecule has 1 rings (SSSR count). The van der Waals surface area contributed by atoms with E-state index in [-0.39, 0.29) is 18.3 Å². The standard InChI is InChI=1S/C13H18O3/c1-9(2)11(14)8-16-12-6-5-10(3)7-13(12)15-4/h5-7,9H,8H2,1-4H3. The van der Waals surface area contributed by atoms with Crippen LogP contribution < -0.4 is 9.47 Å². The van der Waals surface area contributed by atoms with E-state index in [1.807, 2.05) is 39.0 Å². The first-order valence-electron chi connectivity index (χ1n) is 5.34. The number of rotatable bonds is 5. The molecule has 88 valence electrons. The number of hydrogen-bond donors (Lipinski definition) is 0. The van der Waals surface area contributed by atoms with E-state index in [9.17, 15) is 4.79 Å². The second-order valence-corrected chi connectivity index (χ2v) is 4.06. The van der Waals surface area contributed by atoms with Crippen LogP contribution in [0.2, 0.25) is 0 Å². The summed E-state index contributed by atoms with van der Waals surface area (Å²) in [4.78, 5) is 11.4. The van der Waals surface area contributed by atoms with Gasteiger partial charge in [-0.25, -0.2) is 0 Å². The van der Waals surface area contributed by atoms with Crippen LogP contribution in [0.4, 0.5) is 0 Å². The molecule has 0 amide bonds. The fraction of sp³-hybridized carbons (Fsp3) is 0.462. The number of Topliss-reactive ketones (excluding diaryl/α,β-unsaturated/α-hetero) is 1. The van der Waals surface area contributed by atoms with Gasteiger partial charge in [0.05, 0.1) is 7.11 Å². The summed E-state index contributed by atoms with van der Waals surface area (Å²) in [5, 5.41) is 0. The van der Waals surface area contributed by atoms with E-state index in [0.717, 1.165) is 5.56 Å². The highest BCUT2D eigenvalue weighted by Gasteiger charge is 2.10. The highest BCUT2D eigenvalue weighted by Crippen LogP contribution is 2.27. The second kappa shape index (κ2) is 5.54. The Kier molecular flexibility index (Phi) is 4.35. The number of aryl methyl sites for hydroxylation is 1. The van der Waals surface area contributed by atoms with Crippen LogP contribution in [-0.4, -0.2) is 19.5 Å². The van der Waals surface area contributed by atoms with E-state index in [1.165, 1.54) is 0 Å². The first-order valence-corrected chi connectivity index (χ1v) is 5.34. The van der Waals surface area contributed by atoms with Crippen molar-refractivity contribution in [1.82, 2.24) is 0 Å². The summed E-state index contributed by atoms with van der Waals surface area (Å²) in [7, 11) is 1.59. The Morgan fingerprint density at radius 3 is 2.56 bits per heavy atom. The largest absolute Gasteiger partial charge is 0.493 e. The third-order valence-corrected chi connectivity index (χ3v) is 2.33. The Morgan fingerprint density at radius 1 is 1.31 bits per heavy atom. The quantitative estimate of drug-likeness (QED) is 0.768. The normalized spacial score (nSPS) is 10.3. The van der Waals surface area contributed by atoms with Gasteiger partial charge in [-0.15, -0.1) is 0 Å². The Morgan fingerprint density at radius 2 is 2.00 bits per heavy atom. The molecule has 0 heterocycles. The minimum atomic E-state index is -0.00329. The van der Waals surface area contributed by atoms with Gasteiger partial charge >= 0.3 is 0 Å². The van der Waals surface area contributed by atoms with Gasteiger partial charge in [0.2, 0.25) is 0 Å². The summed E-state index contributed by atoms with van der Waals surface area (Å²) in [6.45, 7) is 5.79. The van der Waals surface area contributed by atoms with Crippen molar-refractivity contribution in [3.05, 3.63) is 23.8 Å². The molecule has 0 fully saturated rings. The van der Waals surface area contributed by atoms with Gasteiger partial charge in [-0.2, -0.15) is 0 Å². The predicted molar refractivity (Wildman–Crippen MR) is 63.1 cm³/mol. The van der Waals surface area contributed by atoms with Gasteiger partial charge in [-0.1, -0.05) is 19.9 Å². The summed E-state index contributed by atoms with van der Waals surface area (Å²) in [5.74, 6) is 1.36. The first-order chi connectivity index (χ1) is 7.54. The topological polar surface area (TPSA) is 35.5 Å². The molecule has 0 saturated carbocycles. The minimum absolute atomic E-state index is 0.00329. The van der Waals surface area contributed by atoms with Gasteiger partial charge in [0, 0.05) is 5.92 Å². The van der Waals surface area contributed by atoms with Crippen LogP contribution in [0, 0.1) is 12.8 Å². The third kappa shape index (κ3) is 3.26. The van der Waals surface area contributed by atoms with Crippen molar-refractivity contribution >= 4 is 5.78 Å². The smallest absolute Gasteiger partial charge is 0.172 e. The van der Waals surface area contributed by atoms with Crippen LogP contribution >= 0.6 is 0 Å². The lowest BCUT2D eigenvalue weighted by molar-refractivity contribution is -0.123. The number of benzene rings is 1. The van der Waals surface area contributed by atoms with Gasteiger partial charge in [0.15, 0.2) is 17.3 Å². The highest BCUT2D eigenvalue weighted by molar-refractivity contribution is 5.81. The van der Waals surface area contributed by atoms with Crippen molar-refractivity contribution < 1.29 is 14.3 Å². The van der Waals surface area contributed by atoms with Crippen LogP contribution in [0.1, 0.15) is 19.4 Å². The van der Waals surface area contributed by atoms with Crippen molar-refractivity contribution in [3.8, 4) is 11.5 Å². The van der Waals surface area contributed by atoms with E-state index in [4.69, 9.17) is 9.47 Å². The van der Waals surface area contributed by atoms with Gasteiger partial charge in [-0.3, -0.25) is 4.79 Å². The summed E-state index contributed by atoms with van der Waals surface area (Å²) >= 11 is 0. The van der Waals surface area contributed by atoms with Gasteiger partial charge in [0.1, 0.15) is 6.61 Å². The molecule has 0 unspecified atom stereocenters. The maximum atomic E-state index is 11.4. The molecule has 0 aliphatic heterocycles. The van der Waals surface area contributed by atoms with Gasteiger partial charge < -0.3 is 9.47 Å². The first kappa shape index (κ1) is 12.6. The molecular formula is C13H18O3. The Hall–Kier alpha value is -1.51. The number of ether oxygens (including phenoxy) is 2. The highest BCUT2D eigenvalue weighted by atomic mass is 16.5. The molecule has 0 aromatic heterocycles. The lowest BCUT2D eigenvalue weighted by atomic mass is 10.1. The van der Waals surface area contributed by atoms with Crippen molar-refractivity contribution in [2.75, 3.05) is 13.7 Å². The zero-order valence-corrected chi connectivity index (χ0v) is 10.2. The fourth-order valence-electron chi connectivity index (χ4n) is 1.21. The SMILES string of the molecule is COc1cc(C)ccc1OCC(=O)C(C)C. The van der Waals surface area contributed by atoms with Crippen molar-refractivity contribution in [2.45, 2.75) is 20.8 Å². The molecule has 0 N–H and O–H groups in total. The number of hydrogen-bond acceptors (Lipinski definition) is 3. The lowest BCUT2D eigenvalue weighted by Crippen LogP contribution is -2.17. The molecule has 3 nitrogen and oxygen atoms in total. The molecule has 0 radical (unpaired) electrons. The molecule has 0 spiro atoms. The second-order valence-electron chi connectivity index (χ2n) is 4.06. The molecule has 0 atom stereocenters. The van der Waals surface area contributed by atoms with Crippen LogP contribution in [-0.2, 0) is 4.79 Å². The lowest BCUT2D eigenvalue weighted by Gasteiger charge is -2.11. The Balaban J connectivity index is 2.70. The zero-order valence-electron chi connectivity index (χ0n) is 10.2. The molecule has 0 saturated heterocycles. The molecule has 16 heavy (non-hydrogen) atoms. The number of carbonyl (C=O) groups excluding carboxylic acids is 1. The van der Waals surface area contributed by atoms with Gasteiger partial charge in [0.25, 0.3) is 0 Å². The van der Waals surface area contributed by atoms with Crippen LogP contribution in [0.3, 0.4) is 0 Å². The van der Waals surface area contributed by atoms with Crippen molar-refractivity contribution in [2.24, 2.45) is 5.92 Å². The maximum absolute atomic E-state index is 11.4. The molecule has 0 aliphatic rings. The van der Waals surface area contributed by atoms with Gasteiger partial charge in [-0.05, 0) is 24.6 Å². The third-order valence-electron chi connectivity index (χ3n) is 2.33. The summed E-state index contributed by atoms with van der Waals surface area (Å²) in [6, 6.07) is 5.63. The molecular weight excluding hydrogens is 204 g/mol. The molecule has 0 bridgehead atoms. The average molecular weight is 222 g/mol. The van der Waals surface area contributed by atoms with Crippen molar-refractivity contribution in [1.29, 1.82) is 0 Å². The fourth-order valence-corrected chi connectivity index (χ4v) is 1.21. The average Bonchev–Trinajstić information content (AvgIpc) is 2.26. The molecule has 1 aromatic carbocycles. The Bertz CT molecular complexity index is 369. The number of methoxy groups -OCH3 is 1. The van der Waals surface area contributed by atoms with Crippen LogP contribution in [0.15, 0.2) is 18.2 Å². The number of carbonyl (C=O) groups is 1. The Labute approximate surface area is 96.4 Å². The summed E-state index contributed by atoms with van der Waals surface area (Å²) in [5.41, 5.74) is 1.10. The molecule has 1 aromatic rings. The van der Waals surface area contributed by atoms with E-state index in [1.54, 1.807) is 7.11 Å². The summed E-state index contributed by atoms with van der Waals surface area (Å²) < 4.78 is 10.6.